The van der Waals surface area contributed by atoms with Gasteiger partial charge in [0, 0.05) is 24.9 Å². The van der Waals surface area contributed by atoms with Crippen LogP contribution >= 0.6 is 0 Å². The van der Waals surface area contributed by atoms with E-state index in [9.17, 15) is 14.7 Å². The van der Waals surface area contributed by atoms with Crippen LogP contribution in [0.1, 0.15) is 53.6 Å². The SMILES string of the molecule is Cc1ccc(C(=O)CCC(=O)NCC2(O)CCC2)cc1C. The molecule has 1 amide bonds. The number of amides is 1. The van der Waals surface area contributed by atoms with Crippen molar-refractivity contribution >= 4 is 11.7 Å². The van der Waals surface area contributed by atoms with Gasteiger partial charge in [0.2, 0.25) is 5.91 Å². The molecule has 1 fully saturated rings. The Balaban J connectivity index is 1.77. The van der Waals surface area contributed by atoms with Crippen molar-refractivity contribution in [3.05, 3.63) is 34.9 Å². The number of nitrogens with one attached hydrogen (secondary N) is 1. The molecule has 0 atom stereocenters. The predicted octanol–water partition coefficient (Wildman–Crippen LogP) is 2.30. The van der Waals surface area contributed by atoms with Crippen molar-refractivity contribution in [3.8, 4) is 0 Å². The van der Waals surface area contributed by atoms with Gasteiger partial charge in [-0.05, 0) is 50.3 Å². The van der Waals surface area contributed by atoms with Crippen LogP contribution in [0.3, 0.4) is 0 Å². The number of hydrogen-bond acceptors (Lipinski definition) is 3. The minimum absolute atomic E-state index is 0.0180. The molecule has 0 spiro atoms. The van der Waals surface area contributed by atoms with Crippen molar-refractivity contribution < 1.29 is 14.7 Å². The van der Waals surface area contributed by atoms with Gasteiger partial charge in [-0.25, -0.2) is 0 Å². The Kier molecular flexibility index (Phi) is 4.78. The Morgan fingerprint density at radius 1 is 1.19 bits per heavy atom. The molecule has 4 heteroatoms. The van der Waals surface area contributed by atoms with Crippen LogP contribution in [-0.4, -0.2) is 28.9 Å². The van der Waals surface area contributed by atoms with Gasteiger partial charge in [-0.3, -0.25) is 9.59 Å². The van der Waals surface area contributed by atoms with E-state index in [4.69, 9.17) is 0 Å². The molecule has 2 N–H and O–H groups in total. The van der Waals surface area contributed by atoms with Crippen LogP contribution in [0.15, 0.2) is 18.2 Å². The van der Waals surface area contributed by atoms with E-state index in [1.54, 1.807) is 6.07 Å². The summed E-state index contributed by atoms with van der Waals surface area (Å²) in [5.41, 5.74) is 2.17. The molecular weight excluding hydrogens is 266 g/mol. The van der Waals surface area contributed by atoms with Crippen molar-refractivity contribution in [3.63, 3.8) is 0 Å². The first-order valence-electron chi connectivity index (χ1n) is 7.49. The molecule has 0 aromatic heterocycles. The monoisotopic (exact) mass is 289 g/mol. The highest BCUT2D eigenvalue weighted by atomic mass is 16.3. The molecule has 4 nitrogen and oxygen atoms in total. The summed E-state index contributed by atoms with van der Waals surface area (Å²) in [7, 11) is 0. The maximum atomic E-state index is 12.1. The number of carbonyl (C=O) groups excluding carboxylic acids is 2. The van der Waals surface area contributed by atoms with Gasteiger partial charge < -0.3 is 10.4 Å². The minimum atomic E-state index is -0.715. The topological polar surface area (TPSA) is 66.4 Å². The quantitative estimate of drug-likeness (QED) is 0.790. The first-order chi connectivity index (χ1) is 9.89. The molecular formula is C17H23NO3. The third-order valence-corrected chi connectivity index (χ3v) is 4.31. The van der Waals surface area contributed by atoms with Crippen LogP contribution in [0.2, 0.25) is 0 Å². The highest BCUT2D eigenvalue weighted by molar-refractivity contribution is 5.98. The highest BCUT2D eigenvalue weighted by Crippen LogP contribution is 2.30. The van der Waals surface area contributed by atoms with Gasteiger partial charge in [-0.15, -0.1) is 0 Å². The van der Waals surface area contributed by atoms with Gasteiger partial charge in [0.1, 0.15) is 0 Å². The van der Waals surface area contributed by atoms with Gasteiger partial charge in [0.05, 0.1) is 5.60 Å². The fraction of sp³-hybridized carbons (Fsp3) is 0.529. The summed E-state index contributed by atoms with van der Waals surface area (Å²) in [6.07, 6.45) is 2.87. The second-order valence-corrected chi connectivity index (χ2v) is 6.08. The maximum absolute atomic E-state index is 12.1. The van der Waals surface area contributed by atoms with Crippen molar-refractivity contribution in [2.45, 2.75) is 51.6 Å². The number of carbonyl (C=O) groups is 2. The van der Waals surface area contributed by atoms with E-state index < -0.39 is 5.60 Å². The maximum Gasteiger partial charge on any atom is 0.220 e. The Morgan fingerprint density at radius 3 is 2.48 bits per heavy atom. The molecule has 1 aromatic carbocycles. The first-order valence-corrected chi connectivity index (χ1v) is 7.49. The lowest BCUT2D eigenvalue weighted by molar-refractivity contribution is -0.123. The summed E-state index contributed by atoms with van der Waals surface area (Å²) >= 11 is 0. The van der Waals surface area contributed by atoms with Crippen LogP contribution < -0.4 is 5.32 Å². The lowest BCUT2D eigenvalue weighted by Crippen LogP contribution is -2.47. The summed E-state index contributed by atoms with van der Waals surface area (Å²) in [6, 6.07) is 5.60. The number of rotatable bonds is 6. The molecule has 114 valence electrons. The lowest BCUT2D eigenvalue weighted by atomic mass is 9.80. The van der Waals surface area contributed by atoms with E-state index in [0.717, 1.165) is 30.4 Å². The number of ketones is 1. The van der Waals surface area contributed by atoms with E-state index in [2.05, 4.69) is 5.32 Å². The second-order valence-electron chi connectivity index (χ2n) is 6.08. The molecule has 0 heterocycles. The van der Waals surface area contributed by atoms with Gasteiger partial charge in [0.15, 0.2) is 5.78 Å². The number of hydrogen-bond donors (Lipinski definition) is 2. The van der Waals surface area contributed by atoms with Crippen LogP contribution in [0, 0.1) is 13.8 Å². The fourth-order valence-corrected chi connectivity index (χ4v) is 2.40. The van der Waals surface area contributed by atoms with Gasteiger partial charge in [0.25, 0.3) is 0 Å². The molecule has 1 aromatic rings. The lowest BCUT2D eigenvalue weighted by Gasteiger charge is -2.36. The Labute approximate surface area is 125 Å². The molecule has 0 radical (unpaired) electrons. The van der Waals surface area contributed by atoms with Crippen LogP contribution in [0.25, 0.3) is 0 Å². The Bertz CT molecular complexity index is 547. The summed E-state index contributed by atoms with van der Waals surface area (Å²) in [6.45, 7) is 4.27. The van der Waals surface area contributed by atoms with Crippen molar-refractivity contribution in [1.29, 1.82) is 0 Å². The molecule has 1 aliphatic carbocycles. The van der Waals surface area contributed by atoms with Crippen LogP contribution in [0.5, 0.6) is 0 Å². The Hall–Kier alpha value is -1.68. The zero-order valence-electron chi connectivity index (χ0n) is 12.7. The molecule has 1 aliphatic rings. The van der Waals surface area contributed by atoms with Crippen LogP contribution in [0.4, 0.5) is 0 Å². The van der Waals surface area contributed by atoms with E-state index in [0.29, 0.717) is 12.1 Å². The number of Topliss-reactive ketones (excluding diaryl/α,β-unsaturated/α-hetero) is 1. The highest BCUT2D eigenvalue weighted by Gasteiger charge is 2.34. The number of benzene rings is 1. The smallest absolute Gasteiger partial charge is 0.220 e. The third kappa shape index (κ3) is 4.14. The normalized spacial score (nSPS) is 16.1. The number of aliphatic hydroxyl groups is 1. The predicted molar refractivity (Wildman–Crippen MR) is 81.3 cm³/mol. The zero-order valence-corrected chi connectivity index (χ0v) is 12.7. The van der Waals surface area contributed by atoms with E-state index in [-0.39, 0.29) is 24.5 Å². The fourth-order valence-electron chi connectivity index (χ4n) is 2.40. The Morgan fingerprint density at radius 2 is 1.90 bits per heavy atom. The average molecular weight is 289 g/mol. The van der Waals surface area contributed by atoms with Gasteiger partial charge >= 0.3 is 0 Å². The minimum Gasteiger partial charge on any atom is -0.388 e. The summed E-state index contributed by atoms with van der Waals surface area (Å²) in [5, 5.41) is 12.6. The average Bonchev–Trinajstić information content (AvgIpc) is 2.43. The summed E-state index contributed by atoms with van der Waals surface area (Å²) in [5.74, 6) is -0.192. The first kappa shape index (κ1) is 15.7. The van der Waals surface area contributed by atoms with E-state index >= 15 is 0 Å². The largest absolute Gasteiger partial charge is 0.388 e. The zero-order chi connectivity index (χ0) is 15.5. The van der Waals surface area contributed by atoms with Crippen LogP contribution in [-0.2, 0) is 4.79 Å². The number of aryl methyl sites for hydroxylation is 2. The molecule has 0 aliphatic heterocycles. The van der Waals surface area contributed by atoms with E-state index in [1.165, 1.54) is 0 Å². The second kappa shape index (κ2) is 6.39. The molecule has 2 rings (SSSR count). The van der Waals surface area contributed by atoms with Crippen molar-refractivity contribution in [1.82, 2.24) is 5.32 Å². The molecule has 1 saturated carbocycles. The molecule has 21 heavy (non-hydrogen) atoms. The van der Waals surface area contributed by atoms with E-state index in [1.807, 2.05) is 26.0 Å². The standard InChI is InChI=1S/C17H23NO3/c1-12-4-5-14(10-13(12)2)15(19)6-7-16(20)18-11-17(21)8-3-9-17/h4-5,10,21H,3,6-9,11H2,1-2H3,(H,18,20). The molecule has 0 saturated heterocycles. The van der Waals surface area contributed by atoms with Gasteiger partial charge in [-0.1, -0.05) is 12.1 Å². The van der Waals surface area contributed by atoms with Gasteiger partial charge in [-0.2, -0.15) is 0 Å². The van der Waals surface area contributed by atoms with Crippen molar-refractivity contribution in [2.24, 2.45) is 0 Å². The summed E-state index contributed by atoms with van der Waals surface area (Å²) in [4.78, 5) is 23.8. The third-order valence-electron chi connectivity index (χ3n) is 4.31. The van der Waals surface area contributed by atoms with Crippen molar-refractivity contribution in [2.75, 3.05) is 6.54 Å². The molecule has 0 unspecified atom stereocenters. The molecule has 0 bridgehead atoms. The summed E-state index contributed by atoms with van der Waals surface area (Å²) < 4.78 is 0.